The zero-order valence-electron chi connectivity index (χ0n) is 18.2. The van der Waals surface area contributed by atoms with Crippen molar-refractivity contribution in [3.05, 3.63) is 0 Å². The molecule has 0 radical (unpaired) electrons. The van der Waals surface area contributed by atoms with Crippen LogP contribution in [-0.4, -0.2) is 108 Å². The zero-order valence-corrected chi connectivity index (χ0v) is 18.2. The Morgan fingerprint density at radius 2 is 1.80 bits per heavy atom. The van der Waals surface area contributed by atoms with Crippen LogP contribution in [0, 0.1) is 11.3 Å². The van der Waals surface area contributed by atoms with Crippen LogP contribution in [0.15, 0.2) is 0 Å². The smallest absolute Gasteiger partial charge is 0.407 e. The van der Waals surface area contributed by atoms with E-state index in [1.54, 1.807) is 4.90 Å². The van der Waals surface area contributed by atoms with Gasteiger partial charge in [-0.25, -0.2) is 9.59 Å². The molecule has 0 aromatic carbocycles. The summed E-state index contributed by atoms with van der Waals surface area (Å²) in [7, 11) is 1.93. The van der Waals surface area contributed by atoms with Gasteiger partial charge in [-0.05, 0) is 69.4 Å². The molecule has 168 valence electrons. The first-order valence-electron chi connectivity index (χ1n) is 11.8. The minimum Gasteiger partial charge on any atom is -0.465 e. The van der Waals surface area contributed by atoms with Crippen molar-refractivity contribution < 1.29 is 19.4 Å². The number of likely N-dealkylation sites (N-methyl/N-ethyl adjacent to an activating group) is 1. The number of urea groups is 1. The molecule has 0 unspecified atom stereocenters. The van der Waals surface area contributed by atoms with Gasteiger partial charge in [-0.3, -0.25) is 0 Å². The van der Waals surface area contributed by atoms with Gasteiger partial charge in [0.05, 0.1) is 19.3 Å². The van der Waals surface area contributed by atoms with Crippen LogP contribution in [0.2, 0.25) is 0 Å². The number of hydrogen-bond donors (Lipinski definition) is 1. The van der Waals surface area contributed by atoms with E-state index in [1.165, 1.54) is 12.8 Å². The van der Waals surface area contributed by atoms with E-state index in [9.17, 15) is 14.7 Å². The van der Waals surface area contributed by atoms with Gasteiger partial charge in [-0.1, -0.05) is 0 Å². The Kier molecular flexibility index (Phi) is 5.34. The van der Waals surface area contributed by atoms with Crippen LogP contribution in [0.1, 0.15) is 44.9 Å². The van der Waals surface area contributed by atoms with E-state index in [0.29, 0.717) is 37.8 Å². The third-order valence-corrected chi connectivity index (χ3v) is 8.70. The molecule has 3 amide bonds. The molecule has 4 heterocycles. The third kappa shape index (κ3) is 3.55. The molecule has 0 aromatic rings. The first-order chi connectivity index (χ1) is 14.5. The average Bonchev–Trinajstić information content (AvgIpc) is 3.32. The molecule has 4 saturated heterocycles. The van der Waals surface area contributed by atoms with E-state index in [-0.39, 0.29) is 17.5 Å². The fourth-order valence-electron chi connectivity index (χ4n) is 6.62. The Labute approximate surface area is 179 Å². The summed E-state index contributed by atoms with van der Waals surface area (Å²) in [6, 6.07) is 1.47. The lowest BCUT2D eigenvalue weighted by atomic mass is 9.64. The molecule has 1 spiro atoms. The lowest BCUT2D eigenvalue weighted by Crippen LogP contribution is -2.57. The molecular weight excluding hydrogens is 384 g/mol. The summed E-state index contributed by atoms with van der Waals surface area (Å²) in [5.41, 5.74) is 0.254. The van der Waals surface area contributed by atoms with E-state index in [4.69, 9.17) is 4.74 Å². The van der Waals surface area contributed by atoms with Crippen molar-refractivity contribution in [1.82, 2.24) is 19.6 Å². The van der Waals surface area contributed by atoms with Gasteiger partial charge in [0.1, 0.15) is 0 Å². The van der Waals surface area contributed by atoms with Crippen LogP contribution in [0.25, 0.3) is 0 Å². The maximum absolute atomic E-state index is 13.0. The minimum atomic E-state index is -0.762. The summed E-state index contributed by atoms with van der Waals surface area (Å²) in [5.74, 6) is 0.613. The number of ether oxygens (including phenoxy) is 1. The Hall–Kier alpha value is -1.54. The van der Waals surface area contributed by atoms with Gasteiger partial charge in [0.2, 0.25) is 0 Å². The fraction of sp³-hybridized carbons (Fsp3) is 0.909. The molecule has 0 aromatic heterocycles. The van der Waals surface area contributed by atoms with Gasteiger partial charge < -0.3 is 29.4 Å². The van der Waals surface area contributed by atoms with Crippen molar-refractivity contribution >= 4 is 12.1 Å². The molecular formula is C22H36N4O4. The quantitative estimate of drug-likeness (QED) is 0.757. The van der Waals surface area contributed by atoms with Gasteiger partial charge in [0, 0.05) is 38.8 Å². The maximum Gasteiger partial charge on any atom is 0.407 e. The summed E-state index contributed by atoms with van der Waals surface area (Å²) >= 11 is 0. The number of carbonyl (C=O) groups is 2. The Morgan fingerprint density at radius 3 is 2.40 bits per heavy atom. The second-order valence-electron chi connectivity index (χ2n) is 10.4. The highest BCUT2D eigenvalue weighted by molar-refractivity contribution is 5.75. The summed E-state index contributed by atoms with van der Waals surface area (Å²) in [4.78, 5) is 32.5. The number of piperidine rings is 1. The number of rotatable bonds is 3. The molecule has 8 heteroatoms. The van der Waals surface area contributed by atoms with Crippen LogP contribution in [0.3, 0.4) is 0 Å². The topological polar surface area (TPSA) is 76.6 Å². The molecule has 4 aliphatic heterocycles. The third-order valence-electron chi connectivity index (χ3n) is 8.70. The minimum absolute atomic E-state index is 0.193. The number of nitrogens with zero attached hydrogens (tertiary/aromatic N) is 4. The largest absolute Gasteiger partial charge is 0.465 e. The summed E-state index contributed by atoms with van der Waals surface area (Å²) in [5, 5.41) is 9.23. The average molecular weight is 421 g/mol. The second kappa shape index (κ2) is 7.86. The highest BCUT2D eigenvalue weighted by atomic mass is 16.5. The van der Waals surface area contributed by atoms with Crippen molar-refractivity contribution in [2.75, 3.05) is 53.0 Å². The first-order valence-corrected chi connectivity index (χ1v) is 11.8. The Balaban J connectivity index is 1.10. The van der Waals surface area contributed by atoms with E-state index in [1.807, 2.05) is 11.9 Å². The standard InChI is InChI=1S/C22H36N4O4/c1-23(18-13-30-14-18)20(27)26-7-2-3-19(26)16-4-8-24(9-5-16)17-11-22(12-17)6-10-25(15-22)21(28)29/h16-19H,2-15H2,1H3,(H,28,29)/t17?,19-,22?/m0/s1. The van der Waals surface area contributed by atoms with E-state index in [2.05, 4.69) is 9.80 Å². The van der Waals surface area contributed by atoms with Gasteiger partial charge >= 0.3 is 12.1 Å². The molecule has 1 aliphatic carbocycles. The number of amides is 3. The number of likely N-dealkylation sites (tertiary alicyclic amines) is 3. The van der Waals surface area contributed by atoms with Crippen molar-refractivity contribution in [2.45, 2.75) is 63.1 Å². The summed E-state index contributed by atoms with van der Waals surface area (Å²) in [6.45, 7) is 5.92. The van der Waals surface area contributed by atoms with E-state index >= 15 is 0 Å². The molecule has 8 nitrogen and oxygen atoms in total. The molecule has 1 saturated carbocycles. The monoisotopic (exact) mass is 420 g/mol. The van der Waals surface area contributed by atoms with Gasteiger partial charge in [-0.2, -0.15) is 0 Å². The number of carboxylic acid groups (broad SMARTS) is 1. The fourth-order valence-corrected chi connectivity index (χ4v) is 6.62. The van der Waals surface area contributed by atoms with E-state index in [0.717, 1.165) is 58.3 Å². The van der Waals surface area contributed by atoms with Crippen LogP contribution in [-0.2, 0) is 4.74 Å². The maximum atomic E-state index is 13.0. The van der Waals surface area contributed by atoms with Crippen LogP contribution >= 0.6 is 0 Å². The predicted molar refractivity (Wildman–Crippen MR) is 111 cm³/mol. The van der Waals surface area contributed by atoms with Crippen LogP contribution in [0.4, 0.5) is 9.59 Å². The molecule has 5 aliphatic rings. The molecule has 1 atom stereocenters. The predicted octanol–water partition coefficient (Wildman–Crippen LogP) is 2.15. The van der Waals surface area contributed by atoms with Crippen LogP contribution in [0.5, 0.6) is 0 Å². The number of carbonyl (C=O) groups excluding carboxylic acids is 1. The Morgan fingerprint density at radius 1 is 1.07 bits per heavy atom. The van der Waals surface area contributed by atoms with E-state index < -0.39 is 6.09 Å². The molecule has 1 N–H and O–H groups in total. The zero-order chi connectivity index (χ0) is 20.9. The number of hydrogen-bond acceptors (Lipinski definition) is 4. The lowest BCUT2D eigenvalue weighted by molar-refractivity contribution is -0.0481. The highest BCUT2D eigenvalue weighted by Crippen LogP contribution is 2.50. The van der Waals surface area contributed by atoms with Crippen molar-refractivity contribution in [3.63, 3.8) is 0 Å². The van der Waals surface area contributed by atoms with Gasteiger partial charge in [0.15, 0.2) is 0 Å². The normalized spacial score (nSPS) is 35.5. The highest BCUT2D eigenvalue weighted by Gasteiger charge is 2.51. The van der Waals surface area contributed by atoms with Crippen molar-refractivity contribution in [2.24, 2.45) is 11.3 Å². The Bertz CT molecular complexity index is 670. The summed E-state index contributed by atoms with van der Waals surface area (Å²) in [6.07, 6.45) is 7.20. The molecule has 5 fully saturated rings. The van der Waals surface area contributed by atoms with Crippen molar-refractivity contribution in [3.8, 4) is 0 Å². The first kappa shape index (κ1) is 20.4. The molecule has 5 rings (SSSR count). The molecule has 0 bridgehead atoms. The lowest BCUT2D eigenvalue weighted by Gasteiger charge is -2.52. The SMILES string of the molecule is CN(C(=O)N1CCC[C@H]1C1CCN(C2CC3(CCN(C(=O)O)C3)C2)CC1)C1COC1. The second-order valence-corrected chi connectivity index (χ2v) is 10.4. The van der Waals surface area contributed by atoms with Gasteiger partial charge in [-0.15, -0.1) is 0 Å². The van der Waals surface area contributed by atoms with Crippen LogP contribution < -0.4 is 0 Å². The van der Waals surface area contributed by atoms with Crippen molar-refractivity contribution in [1.29, 1.82) is 0 Å². The van der Waals surface area contributed by atoms with Gasteiger partial charge in [0.25, 0.3) is 0 Å². The summed E-state index contributed by atoms with van der Waals surface area (Å²) < 4.78 is 5.26. The molecule has 30 heavy (non-hydrogen) atoms.